The Balaban J connectivity index is 1.77. The van der Waals surface area contributed by atoms with Crippen LogP contribution in [0.2, 0.25) is 5.02 Å². The molecule has 30 heavy (non-hydrogen) atoms. The van der Waals surface area contributed by atoms with Crippen LogP contribution in [0.15, 0.2) is 47.6 Å². The summed E-state index contributed by atoms with van der Waals surface area (Å²) >= 11 is 6.38. The Morgan fingerprint density at radius 2 is 1.73 bits per heavy atom. The second-order valence-electron chi connectivity index (χ2n) is 7.27. The van der Waals surface area contributed by atoms with Crippen molar-refractivity contribution in [3.63, 3.8) is 0 Å². The van der Waals surface area contributed by atoms with Gasteiger partial charge in [-0.2, -0.15) is 0 Å². The maximum atomic E-state index is 10.4. The van der Waals surface area contributed by atoms with Gasteiger partial charge in [0, 0.05) is 17.7 Å². The minimum absolute atomic E-state index is 0.469. The number of halogens is 1. The molecule has 0 saturated carbocycles. The molecule has 0 unspecified atom stereocenters. The van der Waals surface area contributed by atoms with Gasteiger partial charge in [-0.15, -0.1) is 0 Å². The molecule has 5 atom stereocenters. The molecule has 0 aromatic heterocycles. The van der Waals surface area contributed by atoms with Gasteiger partial charge in [-0.25, -0.2) is 0 Å². The lowest BCUT2D eigenvalue weighted by Crippen LogP contribution is -2.55. The van der Waals surface area contributed by atoms with Gasteiger partial charge in [0.05, 0.1) is 6.61 Å². The average molecular weight is 436 g/mol. The molecule has 0 bridgehead atoms. The molecule has 1 aliphatic heterocycles. The molecule has 0 aliphatic carbocycles. The van der Waals surface area contributed by atoms with Crippen LogP contribution >= 0.6 is 11.6 Å². The van der Waals surface area contributed by atoms with E-state index in [9.17, 15) is 20.4 Å². The molecule has 1 aliphatic rings. The van der Waals surface area contributed by atoms with E-state index in [4.69, 9.17) is 16.3 Å². The third-order valence-corrected chi connectivity index (χ3v) is 5.58. The summed E-state index contributed by atoms with van der Waals surface area (Å²) in [6.45, 7) is -0.469. The number of benzene rings is 2. The monoisotopic (exact) mass is 435 g/mol. The van der Waals surface area contributed by atoms with Crippen molar-refractivity contribution in [2.45, 2.75) is 43.4 Å². The molecule has 2 aromatic carbocycles. The van der Waals surface area contributed by atoms with Crippen molar-refractivity contribution in [1.82, 2.24) is 0 Å². The van der Waals surface area contributed by atoms with E-state index >= 15 is 0 Å². The van der Waals surface area contributed by atoms with E-state index in [0.717, 1.165) is 16.7 Å². The molecule has 8 heteroatoms. The van der Waals surface area contributed by atoms with Gasteiger partial charge in [0.2, 0.25) is 0 Å². The van der Waals surface area contributed by atoms with Crippen molar-refractivity contribution in [3.8, 4) is 0 Å². The number of rotatable bonds is 7. The van der Waals surface area contributed by atoms with E-state index < -0.39 is 37.1 Å². The average Bonchev–Trinajstić information content (AvgIpc) is 2.75. The topological polar surface area (TPSA) is 112 Å². The Bertz CT molecular complexity index is 857. The van der Waals surface area contributed by atoms with E-state index in [2.05, 4.69) is 9.99 Å². The highest BCUT2D eigenvalue weighted by Gasteiger charge is 2.43. The quantitative estimate of drug-likeness (QED) is 0.388. The van der Waals surface area contributed by atoms with Gasteiger partial charge < -0.3 is 30.0 Å². The van der Waals surface area contributed by atoms with Gasteiger partial charge in [-0.05, 0) is 34.7 Å². The molecule has 0 spiro atoms. The minimum atomic E-state index is -1.42. The lowest BCUT2D eigenvalue weighted by molar-refractivity contribution is -0.231. The summed E-state index contributed by atoms with van der Waals surface area (Å²) in [5.74, 6) is 0. The molecule has 0 amide bonds. The van der Waals surface area contributed by atoms with Crippen LogP contribution in [0, 0.1) is 0 Å². The van der Waals surface area contributed by atoms with Gasteiger partial charge in [0.15, 0.2) is 0 Å². The fourth-order valence-corrected chi connectivity index (χ4v) is 3.70. The van der Waals surface area contributed by atoms with E-state index in [-0.39, 0.29) is 0 Å². The van der Waals surface area contributed by atoms with E-state index in [1.54, 1.807) is 18.3 Å². The highest BCUT2D eigenvalue weighted by Crippen LogP contribution is 2.34. The molecule has 7 nitrogen and oxygen atoms in total. The lowest BCUT2D eigenvalue weighted by Gasteiger charge is -2.40. The van der Waals surface area contributed by atoms with Crippen molar-refractivity contribution < 1.29 is 30.0 Å². The predicted octanol–water partition coefficient (Wildman–Crippen LogP) is 1.62. The maximum absolute atomic E-state index is 10.4. The summed E-state index contributed by atoms with van der Waals surface area (Å²) in [6, 6.07) is 13.3. The van der Waals surface area contributed by atoms with Crippen LogP contribution in [-0.4, -0.2) is 64.8 Å². The molecular weight excluding hydrogens is 410 g/mol. The Morgan fingerprint density at radius 3 is 2.40 bits per heavy atom. The largest absolute Gasteiger partial charge is 0.399 e. The van der Waals surface area contributed by atoms with Crippen LogP contribution in [0.4, 0.5) is 0 Å². The molecular formula is C22H26ClNO6. The normalized spacial score (nSPS) is 26.8. The Morgan fingerprint density at radius 1 is 1.03 bits per heavy atom. The third-order valence-electron chi connectivity index (χ3n) is 5.22. The number of nitrogens with zero attached hydrogens (tertiary/aromatic N) is 1. The minimum Gasteiger partial charge on any atom is -0.399 e. The zero-order valence-electron chi connectivity index (χ0n) is 16.6. The first-order chi connectivity index (χ1) is 14.4. The first-order valence-electron chi connectivity index (χ1n) is 9.66. The summed E-state index contributed by atoms with van der Waals surface area (Å²) < 4.78 is 5.65. The third kappa shape index (κ3) is 5.18. The van der Waals surface area contributed by atoms with Crippen LogP contribution in [0.25, 0.3) is 0 Å². The zero-order valence-corrected chi connectivity index (χ0v) is 17.3. The number of aliphatic hydroxyl groups excluding tert-OH is 4. The molecule has 4 N–H and O–H groups in total. The molecule has 0 radical (unpaired) electrons. The Hall–Kier alpha value is -2.00. The summed E-state index contributed by atoms with van der Waals surface area (Å²) in [6.07, 6.45) is -3.06. The van der Waals surface area contributed by atoms with Gasteiger partial charge in [0.1, 0.15) is 37.6 Å². The zero-order chi connectivity index (χ0) is 21.7. The van der Waals surface area contributed by atoms with Crippen molar-refractivity contribution in [2.24, 2.45) is 5.16 Å². The van der Waals surface area contributed by atoms with Crippen LogP contribution in [-0.2, 0) is 22.4 Å². The number of hydrogen-bond acceptors (Lipinski definition) is 7. The molecule has 1 saturated heterocycles. The molecule has 1 heterocycles. The van der Waals surface area contributed by atoms with E-state index in [0.29, 0.717) is 23.4 Å². The van der Waals surface area contributed by atoms with Crippen molar-refractivity contribution >= 4 is 17.8 Å². The van der Waals surface area contributed by atoms with Gasteiger partial charge >= 0.3 is 0 Å². The van der Waals surface area contributed by atoms with E-state index in [1.807, 2.05) is 30.3 Å². The first kappa shape index (κ1) is 22.7. The highest BCUT2D eigenvalue weighted by molar-refractivity contribution is 6.31. The molecule has 3 rings (SSSR count). The lowest BCUT2D eigenvalue weighted by atomic mass is 9.90. The fraction of sp³-hybridized carbons (Fsp3) is 0.409. The summed E-state index contributed by atoms with van der Waals surface area (Å²) in [7, 11) is 1.50. The second kappa shape index (κ2) is 10.3. The highest BCUT2D eigenvalue weighted by atomic mass is 35.5. The predicted molar refractivity (Wildman–Crippen MR) is 113 cm³/mol. The number of ether oxygens (including phenoxy) is 1. The van der Waals surface area contributed by atoms with E-state index in [1.165, 1.54) is 7.11 Å². The van der Waals surface area contributed by atoms with Crippen molar-refractivity contribution in [3.05, 3.63) is 69.7 Å². The van der Waals surface area contributed by atoms with Crippen molar-refractivity contribution in [2.75, 3.05) is 13.7 Å². The van der Waals surface area contributed by atoms with Crippen LogP contribution < -0.4 is 0 Å². The second-order valence-corrected chi connectivity index (χ2v) is 7.68. The number of aliphatic hydroxyl groups is 4. The summed E-state index contributed by atoms with van der Waals surface area (Å²) in [5, 5.41) is 44.1. The van der Waals surface area contributed by atoms with Gasteiger partial charge in [-0.1, -0.05) is 53.2 Å². The fourth-order valence-electron chi connectivity index (χ4n) is 3.51. The van der Waals surface area contributed by atoms with Crippen LogP contribution in [0.3, 0.4) is 0 Å². The number of hydrogen-bond donors (Lipinski definition) is 4. The number of oxime groups is 1. The Labute approximate surface area is 180 Å². The van der Waals surface area contributed by atoms with Crippen LogP contribution in [0.1, 0.15) is 28.4 Å². The molecule has 2 aromatic rings. The standard InChI is InChI=1S/C22H26ClNO6/c1-29-24-9-8-13-2-4-14(5-3-13)10-16-11-15(6-7-17(16)23)22-21(28)20(27)19(26)18(12-25)30-22/h2-7,9,11,18-22,25-28H,8,10,12H2,1H3/t18-,19-,20+,21-,22+/m1/s1. The van der Waals surface area contributed by atoms with Crippen LogP contribution in [0.5, 0.6) is 0 Å². The first-order valence-corrected chi connectivity index (χ1v) is 10.0. The van der Waals surface area contributed by atoms with Gasteiger partial charge in [0.25, 0.3) is 0 Å². The van der Waals surface area contributed by atoms with Gasteiger partial charge in [-0.3, -0.25) is 0 Å². The molecule has 1 fully saturated rings. The Kier molecular flexibility index (Phi) is 7.82. The SMILES string of the molecule is CON=CCc1ccc(Cc2cc([C@@H]3O[C@H](CO)[C@@H](O)[C@H](O)[C@H]3O)ccc2Cl)cc1. The maximum Gasteiger partial charge on any atom is 0.113 e. The van der Waals surface area contributed by atoms with Crippen molar-refractivity contribution in [1.29, 1.82) is 0 Å². The summed E-state index contributed by atoms with van der Waals surface area (Å²) in [5.41, 5.74) is 3.59. The molecule has 162 valence electrons. The summed E-state index contributed by atoms with van der Waals surface area (Å²) in [4.78, 5) is 4.66. The smallest absolute Gasteiger partial charge is 0.113 e.